The Kier molecular flexibility index (Phi) is 13.1. The van der Waals surface area contributed by atoms with E-state index in [0.717, 1.165) is 44.5 Å². The fraction of sp³-hybridized carbons (Fsp3) is 0.654. The molecule has 1 saturated heterocycles. The van der Waals surface area contributed by atoms with Crippen LogP contribution < -0.4 is 10.6 Å². The van der Waals surface area contributed by atoms with Gasteiger partial charge in [-0.05, 0) is 76.4 Å². The van der Waals surface area contributed by atoms with Gasteiger partial charge in [-0.15, -0.1) is 0 Å². The first kappa shape index (κ1) is 36.2. The molecule has 0 unspecified atom stereocenters. The normalized spacial score (nSPS) is 16.2. The average molecular weight is 608 g/mol. The molecule has 2 N–H and O–H groups in total. The molecule has 1 atom stereocenters. The third kappa shape index (κ3) is 12.3. The Bertz CT molecular complexity index is 973. The van der Waals surface area contributed by atoms with Crippen LogP contribution in [0.4, 0.5) is 45.2 Å². The summed E-state index contributed by atoms with van der Waals surface area (Å²) in [4.78, 5) is 34.1. The summed E-state index contributed by atoms with van der Waals surface area (Å²) in [6.07, 6.45) is -13.4. The Morgan fingerprint density at radius 1 is 0.829 bits per heavy atom. The highest BCUT2D eigenvalue weighted by Gasteiger charge is 2.54. The second kappa shape index (κ2) is 14.9. The molecule has 1 aliphatic heterocycles. The molecule has 1 aromatic carbocycles. The number of nitrogens with zero attached hydrogens (tertiary/aromatic N) is 1. The van der Waals surface area contributed by atoms with Gasteiger partial charge in [-0.1, -0.05) is 13.8 Å². The lowest BCUT2D eigenvalue weighted by Crippen LogP contribution is -2.43. The van der Waals surface area contributed by atoms with E-state index in [9.17, 15) is 53.9 Å². The molecule has 1 aliphatic rings. The molecular formula is C26H34F9N3O3. The van der Waals surface area contributed by atoms with Gasteiger partial charge in [-0.25, -0.2) is 0 Å². The highest BCUT2D eigenvalue weighted by molar-refractivity contribution is 6.41. The maximum Gasteiger partial charge on any atom is 0.458 e. The number of nitrogens with one attached hydrogen (secondary N) is 2. The molecule has 0 saturated carbocycles. The molecule has 15 heteroatoms. The number of carbonyl (C=O) groups excluding carboxylic acids is 3. The van der Waals surface area contributed by atoms with Crippen molar-refractivity contribution in [1.29, 1.82) is 0 Å². The Morgan fingerprint density at radius 3 is 1.66 bits per heavy atom. The first-order chi connectivity index (χ1) is 18.6. The van der Waals surface area contributed by atoms with Gasteiger partial charge in [0.05, 0.1) is 5.56 Å². The van der Waals surface area contributed by atoms with Crippen molar-refractivity contribution in [3.63, 3.8) is 0 Å². The van der Waals surface area contributed by atoms with Crippen molar-refractivity contribution >= 4 is 23.2 Å². The zero-order chi connectivity index (χ0) is 31.8. The van der Waals surface area contributed by atoms with Crippen molar-refractivity contribution in [3.05, 3.63) is 29.8 Å². The summed E-state index contributed by atoms with van der Waals surface area (Å²) in [6, 6.07) is 5.67. The second-order valence-corrected chi connectivity index (χ2v) is 10.2. The van der Waals surface area contributed by atoms with Gasteiger partial charge in [-0.2, -0.15) is 39.5 Å². The Labute approximate surface area is 232 Å². The van der Waals surface area contributed by atoms with Gasteiger partial charge in [0.1, 0.15) is 0 Å². The predicted octanol–water partition coefficient (Wildman–Crippen LogP) is 6.02. The fourth-order valence-electron chi connectivity index (χ4n) is 3.97. The van der Waals surface area contributed by atoms with E-state index in [1.165, 1.54) is 12.1 Å². The number of anilines is 1. The number of benzene rings is 1. The van der Waals surface area contributed by atoms with Crippen molar-refractivity contribution in [2.75, 3.05) is 25.0 Å². The average Bonchev–Trinajstić information content (AvgIpc) is 2.86. The number of likely N-dealkylation sites (tertiary alicyclic amines) is 1. The third-order valence-corrected chi connectivity index (χ3v) is 6.48. The number of amides is 1. The SMILES string of the molecule is CC(C)[C@H](CCNC(=O)C1CCN(C(C)C)CC1)Nc1ccc(C(F)(F)F)cc1.O=C(C(=O)C(F)(F)F)C(F)(F)F. The Hall–Kier alpha value is -2.84. The van der Waals surface area contributed by atoms with Crippen LogP contribution in [0.5, 0.6) is 0 Å². The van der Waals surface area contributed by atoms with Gasteiger partial charge in [0.15, 0.2) is 0 Å². The fourth-order valence-corrected chi connectivity index (χ4v) is 3.97. The number of alkyl halides is 9. The summed E-state index contributed by atoms with van der Waals surface area (Å²) in [7, 11) is 0. The summed E-state index contributed by atoms with van der Waals surface area (Å²) in [5.41, 5.74) is 0.00371. The van der Waals surface area contributed by atoms with E-state index in [0.29, 0.717) is 18.3 Å². The molecular weight excluding hydrogens is 573 g/mol. The molecule has 0 aliphatic carbocycles. The number of carbonyl (C=O) groups is 3. The number of rotatable bonds is 9. The Balaban J connectivity index is 0.000000590. The third-order valence-electron chi connectivity index (χ3n) is 6.48. The highest BCUT2D eigenvalue weighted by Crippen LogP contribution is 2.30. The van der Waals surface area contributed by atoms with E-state index in [-0.39, 0.29) is 23.8 Å². The van der Waals surface area contributed by atoms with Crippen LogP contribution in [0.3, 0.4) is 0 Å². The van der Waals surface area contributed by atoms with Crippen molar-refractivity contribution in [2.45, 2.75) is 77.6 Å². The van der Waals surface area contributed by atoms with E-state index in [4.69, 9.17) is 0 Å². The molecule has 1 fully saturated rings. The van der Waals surface area contributed by atoms with Crippen LogP contribution in [0.1, 0.15) is 52.5 Å². The monoisotopic (exact) mass is 607 g/mol. The molecule has 41 heavy (non-hydrogen) atoms. The first-order valence-electron chi connectivity index (χ1n) is 12.8. The smallest absolute Gasteiger partial charge is 0.382 e. The van der Waals surface area contributed by atoms with Gasteiger partial charge in [0.2, 0.25) is 5.91 Å². The largest absolute Gasteiger partial charge is 0.458 e. The van der Waals surface area contributed by atoms with Crippen LogP contribution in [0.15, 0.2) is 24.3 Å². The van der Waals surface area contributed by atoms with Gasteiger partial charge in [0, 0.05) is 30.2 Å². The molecule has 0 bridgehead atoms. The zero-order valence-corrected chi connectivity index (χ0v) is 22.9. The lowest BCUT2D eigenvalue weighted by molar-refractivity contribution is -0.193. The number of hydrogen-bond donors (Lipinski definition) is 2. The van der Waals surface area contributed by atoms with Crippen molar-refractivity contribution in [2.24, 2.45) is 11.8 Å². The predicted molar refractivity (Wildman–Crippen MR) is 133 cm³/mol. The molecule has 1 amide bonds. The van der Waals surface area contributed by atoms with E-state index in [2.05, 4.69) is 43.2 Å². The van der Waals surface area contributed by atoms with Crippen LogP contribution in [-0.2, 0) is 20.6 Å². The quantitative estimate of drug-likeness (QED) is 0.265. The number of halogens is 9. The minimum absolute atomic E-state index is 0.0647. The topological polar surface area (TPSA) is 78.5 Å². The van der Waals surface area contributed by atoms with Gasteiger partial charge < -0.3 is 15.5 Å². The van der Waals surface area contributed by atoms with Crippen LogP contribution in [0.25, 0.3) is 0 Å². The summed E-state index contributed by atoms with van der Waals surface area (Å²) in [5, 5.41) is 6.35. The zero-order valence-electron chi connectivity index (χ0n) is 22.9. The lowest BCUT2D eigenvalue weighted by Gasteiger charge is -2.34. The van der Waals surface area contributed by atoms with Gasteiger partial charge >= 0.3 is 30.1 Å². The number of piperidine rings is 1. The molecule has 2 rings (SSSR count). The molecule has 234 valence electrons. The number of Topliss-reactive ketones (excluding diaryl/α,β-unsaturated/α-hetero) is 2. The highest BCUT2D eigenvalue weighted by atomic mass is 19.4. The van der Waals surface area contributed by atoms with E-state index < -0.39 is 35.7 Å². The Morgan fingerprint density at radius 2 is 1.29 bits per heavy atom. The van der Waals surface area contributed by atoms with Crippen LogP contribution in [0, 0.1) is 11.8 Å². The molecule has 0 aromatic heterocycles. The molecule has 0 spiro atoms. The van der Waals surface area contributed by atoms with Crippen LogP contribution in [0.2, 0.25) is 0 Å². The minimum atomic E-state index is -5.77. The van der Waals surface area contributed by atoms with Crippen molar-refractivity contribution < 1.29 is 53.9 Å². The summed E-state index contributed by atoms with van der Waals surface area (Å²) in [5.74, 6) is -6.34. The van der Waals surface area contributed by atoms with Crippen molar-refractivity contribution in [3.8, 4) is 0 Å². The standard InChI is InChI=1S/C22H34F3N3O.C4F6O2/c1-15(2)20(27-19-7-5-18(6-8-19)22(23,24)25)9-12-26-21(29)17-10-13-28(14-11-17)16(3)4;5-3(6,7)1(11)2(12)4(8,9)10/h5-8,15-17,20,27H,9-14H2,1-4H3,(H,26,29);/t20-;/m0./s1. The maximum atomic E-state index is 12.7. The lowest BCUT2D eigenvalue weighted by atomic mass is 9.95. The van der Waals surface area contributed by atoms with Crippen molar-refractivity contribution in [1.82, 2.24) is 10.2 Å². The molecule has 0 radical (unpaired) electrons. The molecule has 1 heterocycles. The van der Waals surface area contributed by atoms with Crippen LogP contribution >= 0.6 is 0 Å². The summed E-state index contributed by atoms with van der Waals surface area (Å²) >= 11 is 0. The summed E-state index contributed by atoms with van der Waals surface area (Å²) < 4.78 is 105. The molecule has 1 aromatic rings. The summed E-state index contributed by atoms with van der Waals surface area (Å²) in [6.45, 7) is 10.9. The number of hydrogen-bond acceptors (Lipinski definition) is 5. The van der Waals surface area contributed by atoms with E-state index in [1.807, 2.05) is 0 Å². The van der Waals surface area contributed by atoms with E-state index >= 15 is 0 Å². The number of ketones is 2. The minimum Gasteiger partial charge on any atom is -0.382 e. The van der Waals surface area contributed by atoms with Gasteiger partial charge in [0.25, 0.3) is 0 Å². The molecule has 6 nitrogen and oxygen atoms in total. The van der Waals surface area contributed by atoms with E-state index in [1.54, 1.807) is 0 Å². The first-order valence-corrected chi connectivity index (χ1v) is 12.8. The second-order valence-electron chi connectivity index (χ2n) is 10.2. The van der Waals surface area contributed by atoms with Crippen LogP contribution in [-0.4, -0.2) is 66.4 Å². The van der Waals surface area contributed by atoms with Gasteiger partial charge in [-0.3, -0.25) is 14.4 Å². The maximum absolute atomic E-state index is 12.7.